The van der Waals surface area contributed by atoms with Crippen molar-refractivity contribution in [3.8, 4) is 23.0 Å². The van der Waals surface area contributed by atoms with Gasteiger partial charge in [-0.05, 0) is 48.9 Å². The van der Waals surface area contributed by atoms with Crippen LogP contribution >= 0.6 is 22.7 Å². The van der Waals surface area contributed by atoms with Gasteiger partial charge in [-0.2, -0.15) is 0 Å². The molecule has 2 heterocycles. The minimum Gasteiger partial charge on any atom is -0.504 e. The number of phenols is 1. The van der Waals surface area contributed by atoms with Crippen molar-refractivity contribution in [2.75, 3.05) is 47.1 Å². The average molecular weight is 672 g/mol. The first kappa shape index (κ1) is 34.5. The third kappa shape index (κ3) is 8.88. The van der Waals surface area contributed by atoms with E-state index in [0.29, 0.717) is 40.9 Å². The summed E-state index contributed by atoms with van der Waals surface area (Å²) in [5.41, 5.74) is 0. The average Bonchev–Trinajstić information content (AvgIpc) is 3.65. The van der Waals surface area contributed by atoms with Crippen molar-refractivity contribution in [1.29, 1.82) is 0 Å². The Morgan fingerprint density at radius 1 is 0.739 bits per heavy atom. The molecule has 1 N–H and O–H groups in total. The number of fused-ring (bicyclic) bond motifs is 2. The van der Waals surface area contributed by atoms with Crippen molar-refractivity contribution in [2.24, 2.45) is 0 Å². The van der Waals surface area contributed by atoms with Crippen LogP contribution in [-0.4, -0.2) is 80.8 Å². The predicted octanol–water partition coefficient (Wildman–Crippen LogP) is 6.23. The number of aromatic hydroxyl groups is 1. The summed E-state index contributed by atoms with van der Waals surface area (Å²) in [4.78, 5) is 51.3. The number of Topliss-reactive ketones (excluding diaryl/α,β-unsaturated/α-hetero) is 1. The molecule has 2 aromatic heterocycles. The van der Waals surface area contributed by atoms with Gasteiger partial charge in [-0.3, -0.25) is 19.2 Å². The fraction of sp³-hybridized carbons (Fsp3) is 0.394. The van der Waals surface area contributed by atoms with Gasteiger partial charge in [-0.1, -0.05) is 0 Å². The minimum atomic E-state index is -0.408. The van der Waals surface area contributed by atoms with Crippen molar-refractivity contribution in [1.82, 2.24) is 4.90 Å². The van der Waals surface area contributed by atoms with Gasteiger partial charge in [0.25, 0.3) is 5.91 Å². The molecule has 0 radical (unpaired) electrons. The lowest BCUT2D eigenvalue weighted by Crippen LogP contribution is -2.28. The van der Waals surface area contributed by atoms with E-state index in [9.17, 15) is 24.3 Å². The molecule has 246 valence electrons. The second-order valence-corrected chi connectivity index (χ2v) is 12.3. The molecule has 46 heavy (non-hydrogen) atoms. The zero-order valence-corrected chi connectivity index (χ0v) is 27.8. The number of carbonyl (C=O) groups is 4. The van der Waals surface area contributed by atoms with Crippen molar-refractivity contribution < 1.29 is 48.0 Å². The highest BCUT2D eigenvalue weighted by Crippen LogP contribution is 2.38. The number of rotatable bonds is 17. The molecule has 13 heteroatoms. The van der Waals surface area contributed by atoms with E-state index < -0.39 is 5.97 Å². The Morgan fingerprint density at radius 3 is 2.00 bits per heavy atom. The zero-order valence-electron chi connectivity index (χ0n) is 26.2. The maximum atomic E-state index is 12.9. The van der Waals surface area contributed by atoms with E-state index in [0.717, 1.165) is 20.2 Å². The summed E-state index contributed by atoms with van der Waals surface area (Å²) < 4.78 is 28.7. The Hall–Kier alpha value is -4.36. The first-order valence-electron chi connectivity index (χ1n) is 14.9. The summed E-state index contributed by atoms with van der Waals surface area (Å²) in [5, 5.41) is 12.1. The van der Waals surface area contributed by atoms with Gasteiger partial charge in [0.1, 0.15) is 0 Å². The molecule has 11 nitrogen and oxygen atoms in total. The van der Waals surface area contributed by atoms with E-state index in [4.69, 9.17) is 23.7 Å². The van der Waals surface area contributed by atoms with E-state index in [1.165, 1.54) is 27.6 Å². The molecule has 0 bridgehead atoms. The molecule has 0 unspecified atom stereocenters. The normalized spacial score (nSPS) is 11.0. The number of esters is 2. The number of methoxy groups -OCH3 is 1. The van der Waals surface area contributed by atoms with E-state index in [-0.39, 0.29) is 68.2 Å². The second kappa shape index (κ2) is 16.3. The Balaban J connectivity index is 1.31. The van der Waals surface area contributed by atoms with E-state index in [1.54, 1.807) is 52.3 Å². The van der Waals surface area contributed by atoms with E-state index in [2.05, 4.69) is 0 Å². The van der Waals surface area contributed by atoms with Gasteiger partial charge in [-0.25, -0.2) is 0 Å². The summed E-state index contributed by atoms with van der Waals surface area (Å²) >= 11 is 2.58. The number of hydrogen-bond acceptors (Lipinski definition) is 12. The van der Waals surface area contributed by atoms with Gasteiger partial charge in [0.05, 0.1) is 56.1 Å². The maximum absolute atomic E-state index is 12.9. The van der Waals surface area contributed by atoms with Crippen LogP contribution in [0.4, 0.5) is 0 Å². The van der Waals surface area contributed by atoms with Crippen molar-refractivity contribution >= 4 is 66.5 Å². The van der Waals surface area contributed by atoms with Crippen LogP contribution < -0.4 is 14.2 Å². The second-order valence-electron chi connectivity index (χ2n) is 10.2. The van der Waals surface area contributed by atoms with Crippen LogP contribution in [0.15, 0.2) is 36.4 Å². The van der Waals surface area contributed by atoms with Gasteiger partial charge in [-0.15, -0.1) is 22.7 Å². The van der Waals surface area contributed by atoms with Crippen molar-refractivity contribution in [2.45, 2.75) is 39.5 Å². The first-order valence-corrected chi connectivity index (χ1v) is 16.5. The molecule has 0 saturated heterocycles. The van der Waals surface area contributed by atoms with Crippen LogP contribution in [0.3, 0.4) is 0 Å². The molecular formula is C33H37NO10S2. The lowest BCUT2D eigenvalue weighted by atomic mass is 10.1. The number of ether oxygens (including phenoxy) is 5. The number of phenolic OH excluding ortho intramolecular Hbond substituents is 1. The predicted molar refractivity (Wildman–Crippen MR) is 176 cm³/mol. The summed E-state index contributed by atoms with van der Waals surface area (Å²) in [6, 6.07) is 10.4. The molecule has 0 aliphatic carbocycles. The van der Waals surface area contributed by atoms with Gasteiger partial charge in [0.15, 0.2) is 28.8 Å². The topological polar surface area (TPSA) is 138 Å². The van der Waals surface area contributed by atoms with Gasteiger partial charge < -0.3 is 33.7 Å². The SMILES string of the molecule is CCOC(=O)CCC(=O)c1cc2cc(OCCCOc3cc4sc(C(=O)N(C)CCC(=O)OCC)cc4cc3OC)c(O)cc2s1. The fourth-order valence-corrected chi connectivity index (χ4v) is 6.62. The number of benzene rings is 2. The van der Waals surface area contributed by atoms with Gasteiger partial charge in [0, 0.05) is 48.0 Å². The zero-order chi connectivity index (χ0) is 33.2. The highest BCUT2D eigenvalue weighted by atomic mass is 32.1. The van der Waals surface area contributed by atoms with Crippen LogP contribution in [0.2, 0.25) is 0 Å². The van der Waals surface area contributed by atoms with Crippen molar-refractivity contribution in [3.05, 3.63) is 46.2 Å². The quantitative estimate of drug-likeness (QED) is 0.0781. The molecule has 0 aliphatic rings. The van der Waals surface area contributed by atoms with Crippen LogP contribution in [0, 0.1) is 0 Å². The summed E-state index contributed by atoms with van der Waals surface area (Å²) in [7, 11) is 3.19. The third-order valence-corrected chi connectivity index (χ3v) is 9.08. The molecule has 2 aromatic carbocycles. The molecule has 0 spiro atoms. The number of nitrogens with zero attached hydrogens (tertiary/aromatic N) is 1. The lowest BCUT2D eigenvalue weighted by Gasteiger charge is -2.15. The summed E-state index contributed by atoms with van der Waals surface area (Å²) in [6.45, 7) is 4.84. The van der Waals surface area contributed by atoms with Gasteiger partial charge in [0.2, 0.25) is 0 Å². The molecule has 0 atom stereocenters. The van der Waals surface area contributed by atoms with Crippen LogP contribution in [0.25, 0.3) is 20.2 Å². The third-order valence-electron chi connectivity index (χ3n) is 6.85. The summed E-state index contributed by atoms with van der Waals surface area (Å²) in [5.74, 6) is 0.191. The highest BCUT2D eigenvalue weighted by molar-refractivity contribution is 7.21. The van der Waals surface area contributed by atoms with Gasteiger partial charge >= 0.3 is 11.9 Å². The number of carbonyl (C=O) groups excluding carboxylic acids is 4. The molecular weight excluding hydrogens is 634 g/mol. The smallest absolute Gasteiger partial charge is 0.307 e. The standard InChI is InChI=1S/C33H37NO10S2/c1-5-41-31(37)9-8-22(35)29-16-20-14-24(23(36)18-27(20)45-29)43-12-7-13-44-26-19-28-21(15-25(26)40-4)17-30(46-28)33(39)34(3)11-10-32(38)42-6-2/h14-19,36H,5-13H2,1-4H3. The van der Waals surface area contributed by atoms with E-state index >= 15 is 0 Å². The van der Waals surface area contributed by atoms with Crippen LogP contribution in [0.1, 0.15) is 58.9 Å². The van der Waals surface area contributed by atoms with E-state index in [1.807, 2.05) is 12.1 Å². The van der Waals surface area contributed by atoms with Crippen molar-refractivity contribution in [3.63, 3.8) is 0 Å². The number of amides is 1. The highest BCUT2D eigenvalue weighted by Gasteiger charge is 2.19. The Bertz CT molecular complexity index is 1710. The molecule has 0 aliphatic heterocycles. The number of ketones is 1. The maximum Gasteiger partial charge on any atom is 0.307 e. The van der Waals surface area contributed by atoms with Crippen LogP contribution in [-0.2, 0) is 19.1 Å². The Kier molecular flexibility index (Phi) is 12.2. The summed E-state index contributed by atoms with van der Waals surface area (Å²) in [6.07, 6.45) is 0.702. The largest absolute Gasteiger partial charge is 0.504 e. The first-order chi connectivity index (χ1) is 22.1. The number of thiophene rings is 2. The molecule has 4 aromatic rings. The molecule has 4 rings (SSSR count). The fourth-order valence-electron chi connectivity index (χ4n) is 4.51. The van der Waals surface area contributed by atoms with Crippen LogP contribution in [0.5, 0.6) is 23.0 Å². The molecule has 0 saturated carbocycles. The monoisotopic (exact) mass is 671 g/mol. The minimum absolute atomic E-state index is 0.0216. The Morgan fingerprint density at radius 2 is 1.33 bits per heavy atom. The number of hydrogen-bond donors (Lipinski definition) is 1. The Labute approximate surface area is 274 Å². The lowest BCUT2D eigenvalue weighted by molar-refractivity contribution is -0.144. The molecule has 0 fully saturated rings. The molecule has 1 amide bonds.